The molecule has 0 spiro atoms. The molecule has 2 heterocycles. The van der Waals surface area contributed by atoms with Gasteiger partial charge in [-0.1, -0.05) is 176 Å². The third-order valence-electron chi connectivity index (χ3n) is 12.5. The highest BCUT2D eigenvalue weighted by molar-refractivity contribution is 6.13. The van der Waals surface area contributed by atoms with Crippen molar-refractivity contribution in [2.75, 3.05) is 0 Å². The standard InChI is InChI=1S/C60H40N2/c1-4-13-41(14-5-1)44-23-30-52(31-24-44)62-59-36-29-49(39-56(59)54-34-27-50(40-60(54)62)43-17-8-3-9-18-43)48-28-35-58-55(38-48)53-21-10-11-22-57(53)61(58)51-32-25-45(26-33-51)47-20-12-19-46(37-47)42-15-6-2-7-16-42/h1-40H. The Morgan fingerprint density at radius 2 is 0.516 bits per heavy atom. The molecule has 62 heavy (non-hydrogen) atoms. The lowest BCUT2D eigenvalue weighted by Crippen LogP contribution is -1.94. The average molecular weight is 789 g/mol. The Kier molecular flexibility index (Phi) is 8.53. The minimum Gasteiger partial charge on any atom is -0.309 e. The molecule has 0 aliphatic carbocycles. The second-order valence-electron chi connectivity index (χ2n) is 16.2. The van der Waals surface area contributed by atoms with E-state index in [0.717, 1.165) is 11.4 Å². The van der Waals surface area contributed by atoms with Gasteiger partial charge in [-0.15, -0.1) is 0 Å². The normalized spacial score (nSPS) is 11.5. The van der Waals surface area contributed by atoms with Gasteiger partial charge in [-0.25, -0.2) is 0 Å². The topological polar surface area (TPSA) is 9.86 Å². The van der Waals surface area contributed by atoms with Crippen LogP contribution in [0, 0.1) is 0 Å². The first kappa shape index (κ1) is 35.7. The SMILES string of the molecule is c1ccc(-c2ccc(-n3c4ccc(-c5ccc6c(c5)c5ccccc5n6-c5ccc(-c6cccc(-c7ccccc7)c6)cc5)cc4c4ccc(-c5ccccc5)cc43)cc2)cc1. The molecule has 0 N–H and O–H groups in total. The van der Waals surface area contributed by atoms with E-state index in [1.54, 1.807) is 0 Å². The number of fused-ring (bicyclic) bond motifs is 6. The van der Waals surface area contributed by atoms with Crippen molar-refractivity contribution >= 4 is 43.6 Å². The summed E-state index contributed by atoms with van der Waals surface area (Å²) in [5, 5.41) is 4.96. The molecular weight excluding hydrogens is 749 g/mol. The van der Waals surface area contributed by atoms with Crippen molar-refractivity contribution < 1.29 is 0 Å². The minimum absolute atomic E-state index is 1.14. The number of hydrogen-bond donors (Lipinski definition) is 0. The van der Waals surface area contributed by atoms with Gasteiger partial charge in [0.05, 0.1) is 22.1 Å². The number of rotatable bonds is 7. The Morgan fingerprint density at radius 1 is 0.177 bits per heavy atom. The third kappa shape index (κ3) is 6.12. The quantitative estimate of drug-likeness (QED) is 0.152. The van der Waals surface area contributed by atoms with E-state index in [9.17, 15) is 0 Å². The van der Waals surface area contributed by atoms with Crippen LogP contribution < -0.4 is 0 Å². The van der Waals surface area contributed by atoms with Crippen LogP contribution in [0.15, 0.2) is 243 Å². The van der Waals surface area contributed by atoms with Gasteiger partial charge in [-0.05, 0) is 122 Å². The molecule has 290 valence electrons. The van der Waals surface area contributed by atoms with Gasteiger partial charge in [0.1, 0.15) is 0 Å². The van der Waals surface area contributed by atoms with Crippen molar-refractivity contribution in [3.8, 4) is 67.0 Å². The van der Waals surface area contributed by atoms with Crippen LogP contribution in [0.25, 0.3) is 111 Å². The van der Waals surface area contributed by atoms with Gasteiger partial charge in [-0.3, -0.25) is 0 Å². The predicted octanol–water partition coefficient (Wildman–Crippen LogP) is 16.2. The average Bonchev–Trinajstić information content (AvgIpc) is 3.86. The number of benzene rings is 10. The van der Waals surface area contributed by atoms with Crippen LogP contribution in [0.4, 0.5) is 0 Å². The van der Waals surface area contributed by atoms with Crippen molar-refractivity contribution in [1.82, 2.24) is 9.13 Å². The molecular formula is C60H40N2. The monoisotopic (exact) mass is 788 g/mol. The fourth-order valence-corrected chi connectivity index (χ4v) is 9.46. The smallest absolute Gasteiger partial charge is 0.0547 e. The molecule has 10 aromatic carbocycles. The van der Waals surface area contributed by atoms with Crippen LogP contribution in [0.3, 0.4) is 0 Å². The highest BCUT2D eigenvalue weighted by atomic mass is 15.0. The van der Waals surface area contributed by atoms with E-state index in [4.69, 9.17) is 0 Å². The zero-order valence-electron chi connectivity index (χ0n) is 34.0. The molecule has 0 radical (unpaired) electrons. The lowest BCUT2D eigenvalue weighted by molar-refractivity contribution is 1.18. The predicted molar refractivity (Wildman–Crippen MR) is 262 cm³/mol. The first-order valence-electron chi connectivity index (χ1n) is 21.3. The van der Waals surface area contributed by atoms with E-state index < -0.39 is 0 Å². The molecule has 0 amide bonds. The summed E-state index contributed by atoms with van der Waals surface area (Å²) in [6.07, 6.45) is 0. The van der Waals surface area contributed by atoms with E-state index in [2.05, 4.69) is 252 Å². The second-order valence-corrected chi connectivity index (χ2v) is 16.2. The summed E-state index contributed by atoms with van der Waals surface area (Å²) in [4.78, 5) is 0. The van der Waals surface area contributed by atoms with Crippen LogP contribution in [0.5, 0.6) is 0 Å². The van der Waals surface area contributed by atoms with Crippen LogP contribution in [-0.2, 0) is 0 Å². The van der Waals surface area contributed by atoms with Crippen molar-refractivity contribution in [2.24, 2.45) is 0 Å². The van der Waals surface area contributed by atoms with Gasteiger partial charge in [0, 0.05) is 32.9 Å². The van der Waals surface area contributed by atoms with Gasteiger partial charge in [0.15, 0.2) is 0 Å². The Bertz CT molecular complexity index is 3580. The Hall–Kier alpha value is -8.20. The summed E-state index contributed by atoms with van der Waals surface area (Å²) < 4.78 is 4.83. The maximum absolute atomic E-state index is 2.43. The number of para-hydroxylation sites is 1. The third-order valence-corrected chi connectivity index (χ3v) is 12.5. The molecule has 0 fully saturated rings. The number of hydrogen-bond acceptors (Lipinski definition) is 0. The fourth-order valence-electron chi connectivity index (χ4n) is 9.46. The molecule has 0 aliphatic heterocycles. The molecule has 0 saturated heterocycles. The van der Waals surface area contributed by atoms with E-state index in [0.29, 0.717) is 0 Å². The summed E-state index contributed by atoms with van der Waals surface area (Å²) in [6, 6.07) is 88.4. The summed E-state index contributed by atoms with van der Waals surface area (Å²) >= 11 is 0. The Labute approximate surface area is 360 Å². The largest absolute Gasteiger partial charge is 0.309 e. The first-order chi connectivity index (χ1) is 30.7. The van der Waals surface area contributed by atoms with Gasteiger partial charge in [-0.2, -0.15) is 0 Å². The van der Waals surface area contributed by atoms with E-state index in [1.165, 1.54) is 99.2 Å². The van der Waals surface area contributed by atoms with Crippen LogP contribution >= 0.6 is 0 Å². The summed E-state index contributed by atoms with van der Waals surface area (Å²) in [7, 11) is 0. The van der Waals surface area contributed by atoms with Crippen LogP contribution in [-0.4, -0.2) is 9.13 Å². The molecule has 2 aromatic heterocycles. The van der Waals surface area contributed by atoms with Crippen molar-refractivity contribution in [1.29, 1.82) is 0 Å². The molecule has 0 unspecified atom stereocenters. The Morgan fingerprint density at radius 3 is 1.06 bits per heavy atom. The van der Waals surface area contributed by atoms with Crippen LogP contribution in [0.1, 0.15) is 0 Å². The molecule has 0 atom stereocenters. The van der Waals surface area contributed by atoms with E-state index >= 15 is 0 Å². The number of nitrogens with zero attached hydrogens (tertiary/aromatic N) is 2. The van der Waals surface area contributed by atoms with Gasteiger partial charge < -0.3 is 9.13 Å². The van der Waals surface area contributed by atoms with Gasteiger partial charge in [0.25, 0.3) is 0 Å². The highest BCUT2D eigenvalue weighted by Gasteiger charge is 2.17. The molecule has 0 bridgehead atoms. The first-order valence-corrected chi connectivity index (χ1v) is 21.3. The zero-order chi connectivity index (χ0) is 41.0. The Balaban J connectivity index is 0.954. The van der Waals surface area contributed by atoms with Crippen LogP contribution in [0.2, 0.25) is 0 Å². The maximum Gasteiger partial charge on any atom is 0.0547 e. The molecule has 2 heteroatoms. The highest BCUT2D eigenvalue weighted by Crippen LogP contribution is 2.40. The summed E-state index contributed by atoms with van der Waals surface area (Å²) in [5.41, 5.74) is 19.2. The maximum atomic E-state index is 2.43. The van der Waals surface area contributed by atoms with Gasteiger partial charge in [0.2, 0.25) is 0 Å². The fraction of sp³-hybridized carbons (Fsp3) is 0. The van der Waals surface area contributed by atoms with Crippen molar-refractivity contribution in [3.05, 3.63) is 243 Å². The lowest BCUT2D eigenvalue weighted by Gasteiger charge is -2.11. The molecule has 2 nitrogen and oxygen atoms in total. The zero-order valence-corrected chi connectivity index (χ0v) is 34.0. The summed E-state index contributed by atoms with van der Waals surface area (Å²) in [6.45, 7) is 0. The number of aromatic nitrogens is 2. The summed E-state index contributed by atoms with van der Waals surface area (Å²) in [5.74, 6) is 0. The second kappa shape index (κ2) is 14.8. The molecule has 0 saturated carbocycles. The molecule has 0 aliphatic rings. The minimum atomic E-state index is 1.14. The molecule has 12 rings (SSSR count). The lowest BCUT2D eigenvalue weighted by atomic mass is 9.99. The van der Waals surface area contributed by atoms with Gasteiger partial charge >= 0.3 is 0 Å². The van der Waals surface area contributed by atoms with E-state index in [1.807, 2.05) is 0 Å². The van der Waals surface area contributed by atoms with Crippen molar-refractivity contribution in [2.45, 2.75) is 0 Å². The van der Waals surface area contributed by atoms with Crippen molar-refractivity contribution in [3.63, 3.8) is 0 Å². The molecule has 12 aromatic rings. The van der Waals surface area contributed by atoms with E-state index in [-0.39, 0.29) is 0 Å².